The molecule has 7 rings (SSSR count). The predicted octanol–water partition coefficient (Wildman–Crippen LogP) is 5.17. The maximum absolute atomic E-state index is 14.4. The number of nitrogens with zero attached hydrogens (tertiary/aromatic N) is 5. The molecule has 2 aromatic heterocycles. The van der Waals surface area contributed by atoms with Gasteiger partial charge in [-0.3, -0.25) is 4.68 Å². The van der Waals surface area contributed by atoms with E-state index in [0.717, 1.165) is 54.5 Å². The van der Waals surface area contributed by atoms with Crippen molar-refractivity contribution in [3.05, 3.63) is 65.4 Å². The first-order valence-electron chi connectivity index (χ1n) is 13.5. The van der Waals surface area contributed by atoms with E-state index in [1.54, 1.807) is 13.3 Å². The summed E-state index contributed by atoms with van der Waals surface area (Å²) in [5.41, 5.74) is 3.06. The molecule has 208 valence electrons. The summed E-state index contributed by atoms with van der Waals surface area (Å²) in [6, 6.07) is 7.27. The fourth-order valence-electron chi connectivity index (χ4n) is 6.40. The van der Waals surface area contributed by atoms with E-state index in [1.165, 1.54) is 6.20 Å². The molecule has 40 heavy (non-hydrogen) atoms. The van der Waals surface area contributed by atoms with Crippen LogP contribution in [-0.2, 0) is 27.7 Å². The molecule has 0 bridgehead atoms. The summed E-state index contributed by atoms with van der Waals surface area (Å²) in [4.78, 5) is 19.1. The molecule has 1 spiro atoms. The molecule has 1 N–H and O–H groups in total. The molecule has 2 aliphatic heterocycles. The second kappa shape index (κ2) is 8.82. The van der Waals surface area contributed by atoms with E-state index in [9.17, 15) is 23.1 Å². The van der Waals surface area contributed by atoms with Gasteiger partial charge in [-0.05, 0) is 67.5 Å². The van der Waals surface area contributed by atoms with Crippen LogP contribution in [0.1, 0.15) is 47.8 Å². The average Bonchev–Trinajstić information content (AvgIpc) is 3.23. The Labute approximate surface area is 228 Å². The summed E-state index contributed by atoms with van der Waals surface area (Å²) < 4.78 is 51.7. The smallest absolute Gasteiger partial charge is 0.417 e. The van der Waals surface area contributed by atoms with Gasteiger partial charge in [0.25, 0.3) is 0 Å². The fraction of sp³-hybridized carbons (Fsp3) is 0.414. The topological polar surface area (TPSA) is 85.4 Å². The Morgan fingerprint density at radius 1 is 1.12 bits per heavy atom. The number of aliphatic carboxylic acids is 1. The van der Waals surface area contributed by atoms with Crippen LogP contribution in [0, 0.1) is 6.92 Å². The monoisotopic (exact) mass is 551 g/mol. The highest BCUT2D eigenvalue weighted by molar-refractivity contribution is 5.92. The number of carboxylic acid groups (broad SMARTS) is 1. The molecule has 0 radical (unpaired) electrons. The first-order valence-corrected chi connectivity index (χ1v) is 13.5. The summed E-state index contributed by atoms with van der Waals surface area (Å²) in [6.07, 6.45) is 1.91. The minimum absolute atomic E-state index is 0.0325. The molecule has 2 fully saturated rings. The number of imidazole rings is 1. The number of aromatic nitrogens is 4. The first-order chi connectivity index (χ1) is 19.2. The third-order valence-electron chi connectivity index (χ3n) is 8.75. The van der Waals surface area contributed by atoms with Gasteiger partial charge in [-0.25, -0.2) is 9.78 Å². The number of carboxylic acids is 1. The molecule has 1 unspecified atom stereocenters. The molecule has 2 aromatic carbocycles. The van der Waals surface area contributed by atoms with Crippen LogP contribution < -0.4 is 4.90 Å². The standard InChI is InChI=1S/C29H28F3N5O3/c1-17-20(18-2-4-19(5-3-18)35-10-12-40-13-11-35)14-22(29(30,31)32)21-15-37(34-24(17)21)26(27(38)39)25-23-6-7-28(8-9-28)36(23)16-33-25/h2-5,14-16,26H,6-13H2,1H3,(H,38,39). The number of carbonyl (C=O) groups is 1. The zero-order chi connectivity index (χ0) is 27.8. The van der Waals surface area contributed by atoms with Crippen LogP contribution in [0.5, 0.6) is 0 Å². The lowest BCUT2D eigenvalue weighted by atomic mass is 9.94. The fourth-order valence-corrected chi connectivity index (χ4v) is 6.40. The van der Waals surface area contributed by atoms with Gasteiger partial charge in [0.15, 0.2) is 6.04 Å². The van der Waals surface area contributed by atoms with Gasteiger partial charge in [-0.2, -0.15) is 18.3 Å². The lowest BCUT2D eigenvalue weighted by Crippen LogP contribution is -2.36. The molecule has 8 nitrogen and oxygen atoms in total. The highest BCUT2D eigenvalue weighted by Crippen LogP contribution is 2.53. The average molecular weight is 552 g/mol. The van der Waals surface area contributed by atoms with Gasteiger partial charge >= 0.3 is 12.1 Å². The van der Waals surface area contributed by atoms with Crippen LogP contribution in [0.4, 0.5) is 18.9 Å². The molecule has 1 atom stereocenters. The van der Waals surface area contributed by atoms with Crippen molar-refractivity contribution < 1.29 is 27.8 Å². The largest absolute Gasteiger partial charge is 0.479 e. The van der Waals surface area contributed by atoms with Crippen molar-refractivity contribution >= 4 is 22.6 Å². The summed E-state index contributed by atoms with van der Waals surface area (Å²) >= 11 is 0. The van der Waals surface area contributed by atoms with Crippen molar-refractivity contribution in [1.82, 2.24) is 19.3 Å². The molecule has 4 heterocycles. The van der Waals surface area contributed by atoms with Gasteiger partial charge in [0, 0.05) is 41.6 Å². The highest BCUT2D eigenvalue weighted by Gasteiger charge is 2.50. The summed E-state index contributed by atoms with van der Waals surface area (Å²) in [5.74, 6) is -1.21. The van der Waals surface area contributed by atoms with Gasteiger partial charge in [0.1, 0.15) is 0 Å². The number of benzene rings is 2. The van der Waals surface area contributed by atoms with E-state index in [2.05, 4.69) is 19.5 Å². The maximum Gasteiger partial charge on any atom is 0.417 e. The van der Waals surface area contributed by atoms with Gasteiger partial charge in [0.05, 0.1) is 36.3 Å². The zero-order valence-electron chi connectivity index (χ0n) is 21.9. The molecule has 4 aromatic rings. The number of morpholine rings is 1. The molecule has 0 amide bonds. The molecule has 1 aliphatic carbocycles. The van der Waals surface area contributed by atoms with Crippen LogP contribution in [0.3, 0.4) is 0 Å². The van der Waals surface area contributed by atoms with Crippen molar-refractivity contribution in [3.8, 4) is 11.1 Å². The van der Waals surface area contributed by atoms with Gasteiger partial charge in [-0.15, -0.1) is 0 Å². The molecular formula is C29H28F3N5O3. The van der Waals surface area contributed by atoms with E-state index < -0.39 is 23.8 Å². The number of ether oxygens (including phenoxy) is 1. The Morgan fingerprint density at radius 2 is 1.85 bits per heavy atom. The molecule has 1 saturated heterocycles. The summed E-state index contributed by atoms with van der Waals surface area (Å²) in [7, 11) is 0. The Morgan fingerprint density at radius 3 is 2.50 bits per heavy atom. The van der Waals surface area contributed by atoms with E-state index in [4.69, 9.17) is 4.74 Å². The third kappa shape index (κ3) is 3.89. The predicted molar refractivity (Wildman–Crippen MR) is 141 cm³/mol. The number of hydrogen-bond donors (Lipinski definition) is 1. The minimum atomic E-state index is -4.66. The van der Waals surface area contributed by atoms with E-state index in [0.29, 0.717) is 42.0 Å². The number of rotatable bonds is 5. The van der Waals surface area contributed by atoms with Crippen molar-refractivity contribution in [3.63, 3.8) is 0 Å². The van der Waals surface area contributed by atoms with Gasteiger partial charge in [-0.1, -0.05) is 12.1 Å². The van der Waals surface area contributed by atoms with Crippen LogP contribution in [0.25, 0.3) is 22.0 Å². The SMILES string of the molecule is Cc1c(-c2ccc(N3CCOCC3)cc2)cc(C(F)(F)F)c2cn(C(C(=O)O)c3ncn4c3CCC43CC3)nc12. The lowest BCUT2D eigenvalue weighted by molar-refractivity contribution is -0.140. The van der Waals surface area contributed by atoms with Crippen molar-refractivity contribution in [2.75, 3.05) is 31.2 Å². The van der Waals surface area contributed by atoms with Crippen LogP contribution in [0.2, 0.25) is 0 Å². The zero-order valence-corrected chi connectivity index (χ0v) is 21.9. The van der Waals surface area contributed by atoms with E-state index in [1.807, 2.05) is 24.3 Å². The highest BCUT2D eigenvalue weighted by atomic mass is 19.4. The molecule has 11 heteroatoms. The number of aryl methyl sites for hydroxylation is 1. The minimum Gasteiger partial charge on any atom is -0.479 e. The van der Waals surface area contributed by atoms with Crippen LogP contribution in [0.15, 0.2) is 42.9 Å². The summed E-state index contributed by atoms with van der Waals surface area (Å²) in [5, 5.41) is 14.6. The van der Waals surface area contributed by atoms with E-state index in [-0.39, 0.29) is 16.4 Å². The number of anilines is 1. The number of halogens is 3. The third-order valence-corrected chi connectivity index (χ3v) is 8.75. The number of fused-ring (bicyclic) bond motifs is 3. The summed E-state index contributed by atoms with van der Waals surface area (Å²) in [6.45, 7) is 4.51. The quantitative estimate of drug-likeness (QED) is 0.368. The Bertz CT molecular complexity index is 1630. The molecule has 3 aliphatic rings. The van der Waals surface area contributed by atoms with Crippen LogP contribution >= 0.6 is 0 Å². The van der Waals surface area contributed by atoms with Gasteiger partial charge < -0.3 is 19.3 Å². The second-order valence-corrected chi connectivity index (χ2v) is 11.0. The van der Waals surface area contributed by atoms with Crippen molar-refractivity contribution in [1.29, 1.82) is 0 Å². The van der Waals surface area contributed by atoms with E-state index >= 15 is 0 Å². The number of alkyl halides is 3. The van der Waals surface area contributed by atoms with Crippen molar-refractivity contribution in [2.24, 2.45) is 0 Å². The molecule has 1 saturated carbocycles. The van der Waals surface area contributed by atoms with Crippen LogP contribution in [-0.4, -0.2) is 56.7 Å². The maximum atomic E-state index is 14.4. The Kier molecular flexibility index (Phi) is 5.54. The van der Waals surface area contributed by atoms with Crippen molar-refractivity contribution in [2.45, 2.75) is 50.4 Å². The second-order valence-electron chi connectivity index (χ2n) is 11.0. The first kappa shape index (κ1) is 25.1. The Balaban J connectivity index is 1.33. The lowest BCUT2D eigenvalue weighted by Gasteiger charge is -2.29. The Hall–Kier alpha value is -3.86. The van der Waals surface area contributed by atoms with Gasteiger partial charge in [0.2, 0.25) is 0 Å². The normalized spacial score (nSPS) is 18.9. The molecular weight excluding hydrogens is 523 g/mol. The number of hydrogen-bond acceptors (Lipinski definition) is 5.